The highest BCUT2D eigenvalue weighted by Gasteiger charge is 2.32. The molecule has 3 rings (SSSR count). The van der Waals surface area contributed by atoms with E-state index in [2.05, 4.69) is 111 Å². The van der Waals surface area contributed by atoms with E-state index >= 15 is 0 Å². The SMILES string of the molecule is CC.CC.CCC/C=C(/C=C(/C)c1cc(CCC)c(OCCCCCCCC=CCCCC)cc1C)c1ccc(C)s1.CCCCC1CCC(CC)(CCCC)CC1. The topological polar surface area (TPSA) is 9.23 Å². The highest BCUT2D eigenvalue weighted by atomic mass is 32.1. The Morgan fingerprint density at radius 2 is 1.36 bits per heavy atom. The van der Waals surface area contributed by atoms with Crippen LogP contribution in [0.15, 0.2) is 48.6 Å². The third-order valence-corrected chi connectivity index (χ3v) is 13.1. The van der Waals surface area contributed by atoms with E-state index in [9.17, 15) is 0 Å². The van der Waals surface area contributed by atoms with Gasteiger partial charge in [0.2, 0.25) is 0 Å². The van der Waals surface area contributed by atoms with Gasteiger partial charge in [0, 0.05) is 9.75 Å². The van der Waals surface area contributed by atoms with Gasteiger partial charge in [0.1, 0.15) is 5.75 Å². The number of aryl methyl sites for hydroxylation is 3. The van der Waals surface area contributed by atoms with Crippen molar-refractivity contribution in [2.45, 2.75) is 244 Å². The summed E-state index contributed by atoms with van der Waals surface area (Å²) in [6.07, 6.45) is 41.7. The normalized spacial score (nSPS) is 16.9. The van der Waals surface area contributed by atoms with Crippen LogP contribution in [0.4, 0.5) is 0 Å². The number of allylic oxidation sites excluding steroid dienone is 6. The van der Waals surface area contributed by atoms with Gasteiger partial charge in [-0.15, -0.1) is 11.3 Å². The second kappa shape index (κ2) is 36.8. The molecule has 0 saturated heterocycles. The summed E-state index contributed by atoms with van der Waals surface area (Å²) in [5.74, 6) is 2.16. The molecule has 1 saturated carbocycles. The minimum atomic E-state index is 0.749. The first-order valence-electron chi connectivity index (χ1n) is 25.1. The highest BCUT2D eigenvalue weighted by Crippen LogP contribution is 2.46. The molecule has 0 aliphatic heterocycles. The molecule has 1 fully saturated rings. The molecule has 1 heterocycles. The molecule has 1 aliphatic rings. The number of hydrogen-bond acceptors (Lipinski definition) is 2. The van der Waals surface area contributed by atoms with Crippen molar-refractivity contribution in [2.75, 3.05) is 6.61 Å². The smallest absolute Gasteiger partial charge is 0.122 e. The van der Waals surface area contributed by atoms with Crippen molar-refractivity contribution in [1.29, 1.82) is 0 Å². The second-order valence-electron chi connectivity index (χ2n) is 16.8. The van der Waals surface area contributed by atoms with Crippen LogP contribution in [0.25, 0.3) is 11.1 Å². The Labute approximate surface area is 368 Å². The van der Waals surface area contributed by atoms with Crippen molar-refractivity contribution in [3.05, 3.63) is 75.0 Å². The van der Waals surface area contributed by atoms with Gasteiger partial charge < -0.3 is 4.74 Å². The van der Waals surface area contributed by atoms with Gasteiger partial charge in [-0.2, -0.15) is 0 Å². The number of benzene rings is 1. The summed E-state index contributed by atoms with van der Waals surface area (Å²) in [5, 5.41) is 0. The van der Waals surface area contributed by atoms with Gasteiger partial charge in [-0.05, 0) is 155 Å². The van der Waals surface area contributed by atoms with E-state index in [0.29, 0.717) is 0 Å². The predicted molar refractivity (Wildman–Crippen MR) is 269 cm³/mol. The number of unbranched alkanes of at least 4 members (excludes halogenated alkanes) is 10. The fourth-order valence-electron chi connectivity index (χ4n) is 8.22. The molecular weight excluding hydrogens is 721 g/mol. The second-order valence-corrected chi connectivity index (χ2v) is 18.1. The maximum atomic E-state index is 6.35. The fourth-order valence-corrected chi connectivity index (χ4v) is 9.10. The van der Waals surface area contributed by atoms with Crippen molar-refractivity contribution in [2.24, 2.45) is 11.3 Å². The Bertz CT molecular complexity index is 1330. The van der Waals surface area contributed by atoms with E-state index in [1.54, 1.807) is 0 Å². The first-order valence-corrected chi connectivity index (χ1v) is 25.9. The van der Waals surface area contributed by atoms with Gasteiger partial charge in [-0.3, -0.25) is 0 Å². The third kappa shape index (κ3) is 23.7. The molecule has 1 aliphatic carbocycles. The zero-order chi connectivity index (χ0) is 43.4. The molecule has 0 radical (unpaired) electrons. The first-order chi connectivity index (χ1) is 28.3. The molecule has 2 aromatic rings. The van der Waals surface area contributed by atoms with E-state index in [0.717, 1.165) is 49.4 Å². The van der Waals surface area contributed by atoms with Crippen LogP contribution in [0.3, 0.4) is 0 Å². The largest absolute Gasteiger partial charge is 0.493 e. The Morgan fingerprint density at radius 3 is 1.95 bits per heavy atom. The molecule has 2 heteroatoms. The van der Waals surface area contributed by atoms with Crippen molar-refractivity contribution < 1.29 is 4.74 Å². The number of ether oxygens (including phenoxy) is 1. The van der Waals surface area contributed by atoms with Crippen LogP contribution >= 0.6 is 11.3 Å². The molecule has 1 aromatic heterocycles. The molecule has 0 atom stereocenters. The van der Waals surface area contributed by atoms with Crippen molar-refractivity contribution >= 4 is 22.5 Å². The van der Waals surface area contributed by atoms with Gasteiger partial charge >= 0.3 is 0 Å². The van der Waals surface area contributed by atoms with E-state index in [1.165, 1.54) is 166 Å². The van der Waals surface area contributed by atoms with Crippen molar-refractivity contribution in [3.8, 4) is 5.75 Å². The highest BCUT2D eigenvalue weighted by molar-refractivity contribution is 7.13. The summed E-state index contributed by atoms with van der Waals surface area (Å²) in [5.41, 5.74) is 7.44. The molecule has 0 bridgehead atoms. The quantitative estimate of drug-likeness (QED) is 0.0522. The van der Waals surface area contributed by atoms with E-state index in [4.69, 9.17) is 4.74 Å². The Hall–Kier alpha value is -2.06. The van der Waals surface area contributed by atoms with Gasteiger partial charge in [0.25, 0.3) is 0 Å². The maximum Gasteiger partial charge on any atom is 0.122 e. The van der Waals surface area contributed by atoms with Gasteiger partial charge in [0.15, 0.2) is 0 Å². The third-order valence-electron chi connectivity index (χ3n) is 12.0. The zero-order valence-corrected chi connectivity index (χ0v) is 42.0. The fraction of sp³-hybridized carbons (Fsp3) is 0.714. The molecular formula is C56H98OS. The summed E-state index contributed by atoms with van der Waals surface area (Å²) in [6.45, 7) is 29.3. The molecule has 0 unspecified atom stereocenters. The van der Waals surface area contributed by atoms with E-state index in [-0.39, 0.29) is 0 Å². The standard InChI is InChI=1S/C36H54OS.C16H32.2C2H6/c1-7-10-12-13-14-15-16-17-18-19-20-25-37-35-27-30(5)34(28-32(35)21-9-3)29(4)26-33(22-11-8-2)36-24-23-31(6)38-36;1-4-7-9-15-10-13-16(6-3,14-11-15)12-8-5-2;2*1-2/h13-14,22-24,26-28H,7-12,15-21,25H2,1-6H3;15H,4-14H2,1-3H3;2*1-2H3/b14-13?,29-26-,33-22-;;;. The van der Waals surface area contributed by atoms with E-state index in [1.807, 2.05) is 39.0 Å². The average Bonchev–Trinajstić information content (AvgIpc) is 3.69. The summed E-state index contributed by atoms with van der Waals surface area (Å²) in [6, 6.07) is 9.17. The van der Waals surface area contributed by atoms with Gasteiger partial charge in [-0.25, -0.2) is 0 Å². The number of rotatable bonds is 26. The van der Waals surface area contributed by atoms with Crippen LogP contribution < -0.4 is 4.74 Å². The molecule has 0 amide bonds. The summed E-state index contributed by atoms with van der Waals surface area (Å²) in [7, 11) is 0. The lowest BCUT2D eigenvalue weighted by Crippen LogP contribution is -2.27. The molecule has 1 aromatic carbocycles. The summed E-state index contributed by atoms with van der Waals surface area (Å²) >= 11 is 1.89. The molecule has 334 valence electrons. The Morgan fingerprint density at radius 1 is 0.724 bits per heavy atom. The van der Waals surface area contributed by atoms with Gasteiger partial charge in [0.05, 0.1) is 6.61 Å². The molecule has 58 heavy (non-hydrogen) atoms. The summed E-state index contributed by atoms with van der Waals surface area (Å²) < 4.78 is 6.35. The van der Waals surface area contributed by atoms with Crippen LogP contribution in [0, 0.1) is 25.2 Å². The Kier molecular flexibility index (Phi) is 35.5. The van der Waals surface area contributed by atoms with Gasteiger partial charge in [-0.1, -0.05) is 177 Å². The van der Waals surface area contributed by atoms with E-state index < -0.39 is 0 Å². The lowest BCUT2D eigenvalue weighted by molar-refractivity contribution is 0.122. The number of thiophene rings is 1. The Balaban J connectivity index is 0.00000135. The average molecular weight is 819 g/mol. The minimum Gasteiger partial charge on any atom is -0.493 e. The monoisotopic (exact) mass is 819 g/mol. The minimum absolute atomic E-state index is 0.749. The van der Waals surface area contributed by atoms with Crippen molar-refractivity contribution in [1.82, 2.24) is 0 Å². The zero-order valence-electron chi connectivity index (χ0n) is 41.2. The van der Waals surface area contributed by atoms with Crippen molar-refractivity contribution in [3.63, 3.8) is 0 Å². The maximum absolute atomic E-state index is 6.35. The molecule has 1 nitrogen and oxygen atoms in total. The first kappa shape index (κ1) is 55.9. The lowest BCUT2D eigenvalue weighted by atomic mass is 9.66. The van der Waals surface area contributed by atoms with Crippen LogP contribution in [-0.4, -0.2) is 6.61 Å². The van der Waals surface area contributed by atoms with Crippen LogP contribution in [0.5, 0.6) is 5.75 Å². The van der Waals surface area contributed by atoms with Crippen LogP contribution in [-0.2, 0) is 6.42 Å². The number of hydrogen-bond donors (Lipinski definition) is 0. The molecule has 0 N–H and O–H groups in total. The van der Waals surface area contributed by atoms with Crippen LogP contribution in [0.2, 0.25) is 0 Å². The summed E-state index contributed by atoms with van der Waals surface area (Å²) in [4.78, 5) is 2.73. The predicted octanol–water partition coefficient (Wildman–Crippen LogP) is 20.1. The lowest BCUT2D eigenvalue weighted by Gasteiger charge is -2.40. The molecule has 0 spiro atoms. The van der Waals surface area contributed by atoms with Crippen LogP contribution in [0.1, 0.15) is 250 Å².